The lowest BCUT2D eigenvalue weighted by Crippen LogP contribution is -2.41. The van der Waals surface area contributed by atoms with Gasteiger partial charge >= 0.3 is 28.5 Å². The van der Waals surface area contributed by atoms with Gasteiger partial charge in [0.15, 0.2) is 10.3 Å². The molecule has 4 fully saturated rings. The van der Waals surface area contributed by atoms with Crippen molar-refractivity contribution in [1.82, 2.24) is 19.9 Å². The van der Waals surface area contributed by atoms with E-state index in [2.05, 4.69) is 230 Å². The SMILES string of the molecule is CCCCCCc1ccc(-c2ccc(B3OC(C)(C)C(C)(C)O3)s2)s1.CCCCCCc1ccc(B2OC(C)(C)C(C)(C)O2)s1.CCCCCCc1csc(-c2ccc(B3OC(C)(C)C(C)(C)O3)s2)c1.CCCCCCc1csc(B2OC(C)(C)C(C)(C)O2)c1.Clc1nc(Cl)c2nc(Cl)nc(Cl)c2n1. The van der Waals surface area contributed by atoms with E-state index in [4.69, 9.17) is 83.6 Å². The highest BCUT2D eigenvalue weighted by molar-refractivity contribution is 7.28. The largest absolute Gasteiger partial charge is 0.505 e. The Morgan fingerprint density at radius 2 is 0.606 bits per heavy atom. The molecule has 568 valence electrons. The molecule has 0 amide bonds. The fourth-order valence-corrected chi connectivity index (χ4v) is 18.4. The van der Waals surface area contributed by atoms with Crippen LogP contribution >= 0.6 is 114 Å². The van der Waals surface area contributed by atoms with Crippen molar-refractivity contribution in [3.63, 3.8) is 0 Å². The molecule has 12 rings (SSSR count). The van der Waals surface area contributed by atoms with Gasteiger partial charge in [-0.2, -0.15) is 11.3 Å². The minimum Gasteiger partial charge on any atom is -0.399 e. The summed E-state index contributed by atoms with van der Waals surface area (Å²) in [6.45, 7) is 42.7. The van der Waals surface area contributed by atoms with Crippen LogP contribution in [0.2, 0.25) is 20.9 Å². The van der Waals surface area contributed by atoms with Crippen molar-refractivity contribution in [2.24, 2.45) is 0 Å². The van der Waals surface area contributed by atoms with Gasteiger partial charge in [0, 0.05) is 48.4 Å². The van der Waals surface area contributed by atoms with Crippen molar-refractivity contribution in [2.45, 2.75) is 312 Å². The van der Waals surface area contributed by atoms with Gasteiger partial charge in [-0.1, -0.05) is 146 Å². The normalized spacial score (nSPS) is 18.4. The lowest BCUT2D eigenvalue weighted by Gasteiger charge is -2.32. The summed E-state index contributed by atoms with van der Waals surface area (Å²) in [5.41, 5.74) is 1.34. The summed E-state index contributed by atoms with van der Waals surface area (Å²) < 4.78 is 53.8. The smallest absolute Gasteiger partial charge is 0.399 e. The summed E-state index contributed by atoms with van der Waals surface area (Å²) >= 11 is 33.7. The summed E-state index contributed by atoms with van der Waals surface area (Å²) in [6, 6.07) is 22.3. The van der Waals surface area contributed by atoms with E-state index in [9.17, 15) is 0 Å². The molecule has 8 aromatic rings. The Morgan fingerprint density at radius 1 is 0.308 bits per heavy atom. The first-order chi connectivity index (χ1) is 48.9. The number of unbranched alkanes of at least 4 members (excludes halogenated alkanes) is 12. The number of rotatable bonds is 26. The Labute approximate surface area is 668 Å². The van der Waals surface area contributed by atoms with Gasteiger partial charge in [0.25, 0.3) is 0 Å². The van der Waals surface area contributed by atoms with Crippen molar-refractivity contribution in [3.05, 3.63) is 113 Å². The van der Waals surface area contributed by atoms with Crippen LogP contribution in [-0.2, 0) is 62.9 Å². The predicted octanol–water partition coefficient (Wildman–Crippen LogP) is 23.2. The lowest BCUT2D eigenvalue weighted by molar-refractivity contribution is 0.00578. The molecule has 12 nitrogen and oxygen atoms in total. The van der Waals surface area contributed by atoms with Crippen LogP contribution in [-0.4, -0.2) is 93.2 Å². The zero-order valence-corrected chi connectivity index (χ0v) is 73.3. The molecule has 4 saturated heterocycles. The maximum atomic E-state index is 6.17. The Bertz CT molecular complexity index is 3660. The van der Waals surface area contributed by atoms with Crippen LogP contribution in [0, 0.1) is 0 Å². The average molecular weight is 1610 g/mol. The first-order valence-electron chi connectivity index (χ1n) is 37.6. The molecule has 26 heteroatoms. The molecule has 0 N–H and O–H groups in total. The third-order valence-electron chi connectivity index (χ3n) is 20.9. The van der Waals surface area contributed by atoms with Crippen LogP contribution in [0.25, 0.3) is 30.5 Å². The summed E-state index contributed by atoms with van der Waals surface area (Å²) in [7, 11) is -0.904. The van der Waals surface area contributed by atoms with Crippen LogP contribution in [0.15, 0.2) is 71.4 Å². The van der Waals surface area contributed by atoms with Gasteiger partial charge in [-0.25, -0.2) is 19.9 Å². The number of fused-ring (bicyclic) bond motifs is 1. The molecule has 0 aromatic carbocycles. The van der Waals surface area contributed by atoms with E-state index >= 15 is 0 Å². The first-order valence-corrected chi connectivity index (χ1v) is 44.1. The van der Waals surface area contributed by atoms with Gasteiger partial charge in [-0.15, -0.1) is 56.7 Å². The number of aromatic nitrogens is 4. The van der Waals surface area contributed by atoms with E-state index in [-0.39, 0.29) is 105 Å². The van der Waals surface area contributed by atoms with E-state index in [1.54, 1.807) is 34.0 Å². The van der Waals surface area contributed by atoms with Crippen LogP contribution in [0.1, 0.15) is 262 Å². The Morgan fingerprint density at radius 3 is 1.00 bits per heavy atom. The van der Waals surface area contributed by atoms with Gasteiger partial charge in [-0.05, 0) is 250 Å². The Balaban J connectivity index is 0.000000167. The highest BCUT2D eigenvalue weighted by Crippen LogP contribution is 2.43. The number of nitrogens with zero attached hydrogens (tertiary/aromatic N) is 4. The topological polar surface area (TPSA) is 125 Å². The summed E-state index contributed by atoms with van der Waals surface area (Å²) in [5.74, 6) is 0. The average Bonchev–Trinajstić information content (AvgIpc) is 1.60. The molecular weight excluding hydrogens is 1500 g/mol. The molecule has 0 aliphatic carbocycles. The minimum atomic E-state index is -0.281. The lowest BCUT2D eigenvalue weighted by atomic mass is 9.87. The second kappa shape index (κ2) is 38.3. The Kier molecular flexibility index (Phi) is 32.1. The predicted molar refractivity (Wildman–Crippen MR) is 453 cm³/mol. The minimum absolute atomic E-state index is 0.0182. The molecular formula is C78H112B4Cl4N4O8S6. The molecule has 104 heavy (non-hydrogen) atoms. The number of aryl methyl sites for hydroxylation is 4. The van der Waals surface area contributed by atoms with Crippen molar-refractivity contribution in [1.29, 1.82) is 0 Å². The van der Waals surface area contributed by atoms with Crippen LogP contribution in [0.3, 0.4) is 0 Å². The van der Waals surface area contributed by atoms with Gasteiger partial charge in [0.1, 0.15) is 11.0 Å². The number of halogens is 4. The monoisotopic (exact) mass is 1610 g/mol. The van der Waals surface area contributed by atoms with E-state index in [1.165, 1.54) is 178 Å². The standard InChI is InChI=1S/2C20H29BO2S2.2C16H27BO2S.C6Cl4N4/c1-6-7-8-9-10-15-13-17(24-14-15)16-11-12-18(25-16)21-22-19(2,3)20(4,5)23-21;1-6-7-8-9-10-15-11-12-16(24-15)17-13-14-18(25-17)21-22-19(2,3)20(4,5)23-21;1-6-7-8-9-10-13-11-14(20-12-13)17-18-15(2,3)16(4,5)19-17;1-6-7-8-9-10-13-11-12-14(20-13)17-18-15(2,3)16(4,5)19-17;7-3-1-2(12-6(10)13-3)4(8)14-5(9)11-1/h2*11-14H,6-10H2,1-5H3;2*11-12H,6-10H2,1-5H3;. The molecule has 4 aliphatic rings. The summed E-state index contributed by atoms with van der Waals surface area (Å²) in [5, 5.41) is 4.71. The van der Waals surface area contributed by atoms with Crippen LogP contribution in [0.4, 0.5) is 0 Å². The molecule has 0 radical (unpaired) electrons. The molecule has 0 atom stereocenters. The van der Waals surface area contributed by atoms with E-state index in [0.717, 1.165) is 9.55 Å². The van der Waals surface area contributed by atoms with Gasteiger partial charge in [-0.3, -0.25) is 0 Å². The van der Waals surface area contributed by atoms with Crippen molar-refractivity contribution < 1.29 is 37.2 Å². The molecule has 0 bridgehead atoms. The zero-order chi connectivity index (χ0) is 76.1. The molecule has 12 heterocycles. The number of hydrogen-bond acceptors (Lipinski definition) is 18. The second-order valence-corrected chi connectivity index (χ2v) is 39.4. The Hall–Kier alpha value is -2.28. The van der Waals surface area contributed by atoms with E-state index in [0.29, 0.717) is 0 Å². The molecule has 8 aromatic heterocycles. The van der Waals surface area contributed by atoms with Gasteiger partial charge in [0.2, 0.25) is 10.6 Å². The summed E-state index contributed by atoms with van der Waals surface area (Å²) in [4.78, 5) is 23.3. The molecule has 0 saturated carbocycles. The zero-order valence-electron chi connectivity index (χ0n) is 65.4. The molecule has 4 aliphatic heterocycles. The maximum Gasteiger partial charge on any atom is 0.505 e. The molecule has 0 spiro atoms. The highest BCUT2D eigenvalue weighted by atomic mass is 35.5. The highest BCUT2D eigenvalue weighted by Gasteiger charge is 2.55. The van der Waals surface area contributed by atoms with Gasteiger partial charge in [0.05, 0.1) is 44.8 Å². The van der Waals surface area contributed by atoms with Crippen LogP contribution in [0.5, 0.6) is 0 Å². The van der Waals surface area contributed by atoms with E-state index < -0.39 is 0 Å². The number of thiophene rings is 6. The number of hydrogen-bond donors (Lipinski definition) is 0. The van der Waals surface area contributed by atoms with Gasteiger partial charge < -0.3 is 37.2 Å². The maximum absolute atomic E-state index is 6.17. The van der Waals surface area contributed by atoms with Crippen molar-refractivity contribution >= 4 is 173 Å². The summed E-state index contributed by atoms with van der Waals surface area (Å²) in [6.07, 6.45) is 25.9. The van der Waals surface area contributed by atoms with Crippen LogP contribution < -0.4 is 19.1 Å². The quantitative estimate of drug-likeness (QED) is 0.0222. The first kappa shape index (κ1) is 87.3. The van der Waals surface area contributed by atoms with Crippen molar-refractivity contribution in [3.8, 4) is 19.5 Å². The fraction of sp³-hybridized carbons (Fsp3) is 0.615. The van der Waals surface area contributed by atoms with Crippen molar-refractivity contribution in [2.75, 3.05) is 0 Å². The second-order valence-electron chi connectivity index (χ2n) is 31.5. The van der Waals surface area contributed by atoms with E-state index in [1.807, 2.05) is 34.0 Å². The fourth-order valence-electron chi connectivity index (χ4n) is 11.5. The third kappa shape index (κ3) is 23.4. The molecule has 0 unspecified atom stereocenters. The third-order valence-corrected chi connectivity index (χ3v) is 28.7.